The number of carbonyl (C=O) groups excluding carboxylic acids is 3. The highest BCUT2D eigenvalue weighted by Crippen LogP contribution is 2.29. The second-order valence-electron chi connectivity index (χ2n) is 13.5. The highest BCUT2D eigenvalue weighted by Gasteiger charge is 2.29. The predicted molar refractivity (Wildman–Crippen MR) is 193 cm³/mol. The van der Waals surface area contributed by atoms with E-state index in [4.69, 9.17) is 5.73 Å². The van der Waals surface area contributed by atoms with Crippen LogP contribution >= 0.6 is 0 Å². The van der Waals surface area contributed by atoms with Crippen molar-refractivity contribution in [1.82, 2.24) is 25.9 Å². The Kier molecular flexibility index (Phi) is 11.2. The van der Waals surface area contributed by atoms with Gasteiger partial charge < -0.3 is 32.0 Å². The van der Waals surface area contributed by atoms with Crippen molar-refractivity contribution in [3.8, 4) is 22.4 Å². The van der Waals surface area contributed by atoms with Gasteiger partial charge in [-0.2, -0.15) is 0 Å². The maximum atomic E-state index is 13.7. The van der Waals surface area contributed by atoms with Crippen LogP contribution in [0.1, 0.15) is 60.0 Å². The van der Waals surface area contributed by atoms with Crippen LogP contribution in [-0.2, 0) is 16.0 Å². The molecule has 2 aliphatic rings. The quantitative estimate of drug-likeness (QED) is 0.134. The lowest BCUT2D eigenvalue weighted by Gasteiger charge is -2.28. The molecule has 4 aromatic rings. The lowest BCUT2D eigenvalue weighted by atomic mass is 9.81. The largest absolute Gasteiger partial charge is 0.349 e. The zero-order chi connectivity index (χ0) is 34.2. The number of anilines is 1. The summed E-state index contributed by atoms with van der Waals surface area (Å²) in [6.07, 6.45) is 9.02. The molecule has 3 amide bonds. The van der Waals surface area contributed by atoms with Crippen molar-refractivity contribution in [3.63, 3.8) is 0 Å². The fraction of sp³-hybridized carbons (Fsp3) is 0.385. The molecule has 3 aromatic carbocycles. The molecular weight excluding hydrogens is 614 g/mol. The van der Waals surface area contributed by atoms with Crippen LogP contribution in [0.15, 0.2) is 79.3 Å². The van der Waals surface area contributed by atoms with Crippen molar-refractivity contribution in [1.29, 1.82) is 0 Å². The lowest BCUT2D eigenvalue weighted by molar-refractivity contribution is -0.130. The highest BCUT2D eigenvalue weighted by atomic mass is 16.2. The first-order valence-electron chi connectivity index (χ1n) is 17.5. The van der Waals surface area contributed by atoms with E-state index in [0.717, 1.165) is 85.1 Å². The first-order chi connectivity index (χ1) is 23.9. The smallest absolute Gasteiger partial charge is 0.251 e. The van der Waals surface area contributed by atoms with Gasteiger partial charge in [0, 0.05) is 29.6 Å². The molecule has 10 heteroatoms. The number of carbonyl (C=O) groups is 3. The monoisotopic (exact) mass is 661 g/mol. The zero-order valence-corrected chi connectivity index (χ0v) is 28.1. The number of nitrogens with one attached hydrogen (secondary N) is 5. The number of H-pyrrole nitrogens is 1. The van der Waals surface area contributed by atoms with Crippen LogP contribution in [0.5, 0.6) is 0 Å². The second kappa shape index (κ2) is 16.1. The summed E-state index contributed by atoms with van der Waals surface area (Å²) in [7, 11) is 0. The average molecular weight is 662 g/mol. The van der Waals surface area contributed by atoms with E-state index in [9.17, 15) is 14.4 Å². The van der Waals surface area contributed by atoms with Gasteiger partial charge in [-0.1, -0.05) is 42.5 Å². The molecule has 6 rings (SSSR count). The normalized spacial score (nSPS) is 18.7. The van der Waals surface area contributed by atoms with Crippen LogP contribution in [-0.4, -0.2) is 59.4 Å². The Balaban J connectivity index is 1.14. The Morgan fingerprint density at radius 1 is 0.898 bits per heavy atom. The Labute approximate surface area is 288 Å². The number of piperidine rings is 1. The number of aryl methyl sites for hydroxylation is 1. The first-order valence-corrected chi connectivity index (χ1v) is 17.5. The van der Waals surface area contributed by atoms with Gasteiger partial charge >= 0.3 is 0 Å². The fourth-order valence-electron chi connectivity index (χ4n) is 6.96. The molecule has 1 unspecified atom stereocenters. The third-order valence-electron chi connectivity index (χ3n) is 10.0. The Morgan fingerprint density at radius 2 is 1.61 bits per heavy atom. The van der Waals surface area contributed by atoms with Crippen molar-refractivity contribution in [2.45, 2.75) is 64.0 Å². The molecule has 0 bridgehead atoms. The Bertz CT molecular complexity index is 1710. The predicted octanol–water partition coefficient (Wildman–Crippen LogP) is 4.97. The van der Waals surface area contributed by atoms with E-state index in [-0.39, 0.29) is 29.7 Å². The van der Waals surface area contributed by atoms with Crippen molar-refractivity contribution < 1.29 is 14.4 Å². The summed E-state index contributed by atoms with van der Waals surface area (Å²) in [6.45, 7) is 4.51. The molecule has 7 N–H and O–H groups in total. The van der Waals surface area contributed by atoms with E-state index in [1.165, 1.54) is 0 Å². The average Bonchev–Trinajstić information content (AvgIpc) is 3.68. The molecular formula is C39H47N7O3. The van der Waals surface area contributed by atoms with E-state index < -0.39 is 6.04 Å². The van der Waals surface area contributed by atoms with Crippen LogP contribution < -0.4 is 27.0 Å². The van der Waals surface area contributed by atoms with Gasteiger partial charge in [0.25, 0.3) is 5.91 Å². The summed E-state index contributed by atoms with van der Waals surface area (Å²) in [5.41, 5.74) is 13.0. The van der Waals surface area contributed by atoms with Gasteiger partial charge in [-0.25, -0.2) is 4.98 Å². The van der Waals surface area contributed by atoms with Gasteiger partial charge in [0.15, 0.2) is 0 Å². The first kappa shape index (κ1) is 34.1. The van der Waals surface area contributed by atoms with E-state index in [1.807, 2.05) is 73.7 Å². The van der Waals surface area contributed by atoms with Crippen molar-refractivity contribution in [2.24, 2.45) is 17.6 Å². The number of hydrogen-bond donors (Lipinski definition) is 6. The van der Waals surface area contributed by atoms with Crippen molar-refractivity contribution >= 4 is 23.4 Å². The summed E-state index contributed by atoms with van der Waals surface area (Å²) in [5.74, 6) is -0.0488. The number of nitrogens with two attached hydrogens (primary N) is 1. The summed E-state index contributed by atoms with van der Waals surface area (Å²) in [6, 6.07) is 20.9. The number of benzene rings is 3. The lowest BCUT2D eigenvalue weighted by Crippen LogP contribution is -2.48. The number of amides is 3. The van der Waals surface area contributed by atoms with Gasteiger partial charge in [0.2, 0.25) is 11.8 Å². The molecule has 1 saturated heterocycles. The molecule has 1 atom stereocenters. The highest BCUT2D eigenvalue weighted by molar-refractivity contribution is 5.98. The third-order valence-corrected chi connectivity index (χ3v) is 10.0. The third kappa shape index (κ3) is 8.82. The summed E-state index contributed by atoms with van der Waals surface area (Å²) >= 11 is 0. The van der Waals surface area contributed by atoms with Crippen molar-refractivity contribution in [2.75, 3.05) is 25.0 Å². The summed E-state index contributed by atoms with van der Waals surface area (Å²) in [4.78, 5) is 47.2. The molecule has 0 spiro atoms. The van der Waals surface area contributed by atoms with Crippen LogP contribution in [0, 0.1) is 18.8 Å². The maximum Gasteiger partial charge on any atom is 0.251 e. The number of aromatic nitrogens is 2. The second-order valence-corrected chi connectivity index (χ2v) is 13.5. The molecule has 49 heavy (non-hydrogen) atoms. The minimum atomic E-state index is -0.752. The number of aromatic amines is 1. The molecule has 1 aliphatic heterocycles. The van der Waals surface area contributed by atoms with Crippen LogP contribution in [0.25, 0.3) is 22.4 Å². The Hall–Kier alpha value is -4.80. The van der Waals surface area contributed by atoms with Gasteiger partial charge in [-0.05, 0) is 123 Å². The summed E-state index contributed by atoms with van der Waals surface area (Å²) in [5, 5.41) is 12.6. The number of hydrogen-bond acceptors (Lipinski definition) is 6. The van der Waals surface area contributed by atoms with Crippen molar-refractivity contribution in [3.05, 3.63) is 95.9 Å². The van der Waals surface area contributed by atoms with Crippen LogP contribution in [0.4, 0.5) is 5.69 Å². The van der Waals surface area contributed by atoms with Gasteiger partial charge in [0.1, 0.15) is 6.04 Å². The number of rotatable bonds is 11. The van der Waals surface area contributed by atoms with E-state index in [2.05, 4.69) is 31.2 Å². The molecule has 10 nitrogen and oxygen atoms in total. The number of imidazole rings is 1. The molecule has 1 aromatic heterocycles. The maximum absolute atomic E-state index is 13.7. The van der Waals surface area contributed by atoms with Crippen LogP contribution in [0.3, 0.4) is 0 Å². The summed E-state index contributed by atoms with van der Waals surface area (Å²) < 4.78 is 0. The topological polar surface area (TPSA) is 154 Å². The standard InChI is InChI=1S/C39H47N7O3/c1-25-20-31(38(48)44-33-16-18-41-19-17-33)12-15-34(25)28-6-2-26(3-7-28)21-35(46-37(47)30-8-4-27(22-40)5-9-30)39(49)45-32-13-10-29(11-14-32)36-23-42-24-43-36/h2-3,6-7,10-15,20,23-24,27,30,33,35,41H,4-5,8-9,16-19,21-22,40H2,1H3,(H,42,43)(H,44,48)(H,45,49)(H,46,47). The Morgan fingerprint density at radius 3 is 2.27 bits per heavy atom. The molecule has 2 fully saturated rings. The van der Waals surface area contributed by atoms with Crippen LogP contribution in [0.2, 0.25) is 0 Å². The van der Waals surface area contributed by atoms with Gasteiger partial charge in [-0.15, -0.1) is 0 Å². The zero-order valence-electron chi connectivity index (χ0n) is 28.1. The molecule has 256 valence electrons. The number of nitrogens with zero attached hydrogens (tertiary/aromatic N) is 1. The molecule has 1 aliphatic carbocycles. The minimum absolute atomic E-state index is 0.0375. The molecule has 1 saturated carbocycles. The van der Waals surface area contributed by atoms with Gasteiger partial charge in [-0.3, -0.25) is 14.4 Å². The van der Waals surface area contributed by atoms with E-state index >= 15 is 0 Å². The van der Waals surface area contributed by atoms with E-state index in [1.54, 1.807) is 12.5 Å². The van der Waals surface area contributed by atoms with Gasteiger partial charge in [0.05, 0.1) is 18.2 Å². The van der Waals surface area contributed by atoms with E-state index in [0.29, 0.717) is 30.1 Å². The fourth-order valence-corrected chi connectivity index (χ4v) is 6.96. The SMILES string of the molecule is Cc1cc(C(=O)NC2CCNCC2)ccc1-c1ccc(CC(NC(=O)C2CCC(CN)CC2)C(=O)Nc2ccc(-c3cnc[nH]3)cc2)cc1. The molecule has 2 heterocycles. The molecule has 0 radical (unpaired) electrons. The minimum Gasteiger partial charge on any atom is -0.349 e.